The number of benzene rings is 1. The van der Waals surface area contributed by atoms with Crippen LogP contribution in [0.1, 0.15) is 57.6 Å². The molecule has 0 saturated heterocycles. The second-order valence-electron chi connectivity index (χ2n) is 11.5. The number of nitrogens with zero attached hydrogens (tertiary/aromatic N) is 1. The Kier molecular flexibility index (Phi) is 7.18. The first-order chi connectivity index (χ1) is 17.6. The van der Waals surface area contributed by atoms with Crippen LogP contribution < -0.4 is 5.32 Å². The number of aliphatic hydroxyl groups excluding tert-OH is 2. The van der Waals surface area contributed by atoms with Crippen LogP contribution >= 0.6 is 15.9 Å². The number of carbonyl (C=O) groups excluding carboxylic acids is 3. The highest BCUT2D eigenvalue weighted by molar-refractivity contribution is 9.11. The molecular formula is C28H35BrN2O7. The summed E-state index contributed by atoms with van der Waals surface area (Å²) < 4.78 is 0.164. The Labute approximate surface area is 230 Å². The number of likely N-dealkylation sites (N-methyl/N-ethyl adjacent to an activating group) is 1. The number of carbonyl (C=O) groups is 3. The number of amides is 1. The third-order valence-corrected chi connectivity index (χ3v) is 9.13. The molecule has 5 N–H and O–H groups in total. The lowest BCUT2D eigenvalue weighted by Crippen LogP contribution is -2.71. The van der Waals surface area contributed by atoms with Gasteiger partial charge < -0.3 is 30.6 Å². The quantitative estimate of drug-likeness (QED) is 0.259. The SMILES string of the molecule is CCCC(C)(C)NC(=O)C1=C(Br)[C@H](N(C)C)[C@H]2[C@H](O)[C@@H]3C(=C(O)c4c(O)cccc4[C@H]3C)C(=O)[C@@]2(O)C1=O. The second-order valence-corrected chi connectivity index (χ2v) is 12.3. The minimum Gasteiger partial charge on any atom is -0.507 e. The van der Waals surface area contributed by atoms with Crippen molar-refractivity contribution in [3.63, 3.8) is 0 Å². The van der Waals surface area contributed by atoms with E-state index in [0.717, 1.165) is 6.42 Å². The highest BCUT2D eigenvalue weighted by Crippen LogP contribution is 2.56. The first-order valence-electron chi connectivity index (χ1n) is 12.8. The van der Waals surface area contributed by atoms with Gasteiger partial charge >= 0.3 is 0 Å². The Balaban J connectivity index is 1.94. The predicted octanol–water partition coefficient (Wildman–Crippen LogP) is 2.54. The number of fused-ring (bicyclic) bond motifs is 3. The molecule has 0 bridgehead atoms. The molecule has 1 amide bonds. The Hall–Kier alpha value is -2.53. The van der Waals surface area contributed by atoms with Gasteiger partial charge in [0.25, 0.3) is 5.91 Å². The van der Waals surface area contributed by atoms with Crippen molar-refractivity contribution in [1.82, 2.24) is 10.2 Å². The van der Waals surface area contributed by atoms with Crippen LogP contribution in [-0.4, -0.2) is 80.2 Å². The smallest absolute Gasteiger partial charge is 0.256 e. The molecule has 0 radical (unpaired) electrons. The maximum atomic E-state index is 14.1. The lowest BCUT2D eigenvalue weighted by atomic mass is 9.54. The summed E-state index contributed by atoms with van der Waals surface area (Å²) in [5.74, 6) is -6.66. The average molecular weight is 591 g/mol. The Bertz CT molecular complexity index is 1280. The molecule has 1 fully saturated rings. The van der Waals surface area contributed by atoms with Gasteiger partial charge in [-0.15, -0.1) is 0 Å². The van der Waals surface area contributed by atoms with E-state index >= 15 is 0 Å². The largest absolute Gasteiger partial charge is 0.507 e. The van der Waals surface area contributed by atoms with E-state index < -0.39 is 69.8 Å². The van der Waals surface area contributed by atoms with E-state index in [2.05, 4.69) is 21.2 Å². The molecule has 1 saturated carbocycles. The fraction of sp³-hybridized carbons (Fsp3) is 0.536. The third kappa shape index (κ3) is 3.95. The van der Waals surface area contributed by atoms with Gasteiger partial charge in [-0.1, -0.05) is 48.3 Å². The summed E-state index contributed by atoms with van der Waals surface area (Å²) in [6.45, 7) is 7.34. The van der Waals surface area contributed by atoms with Gasteiger partial charge in [-0.25, -0.2) is 0 Å². The highest BCUT2D eigenvalue weighted by Gasteiger charge is 2.68. The zero-order chi connectivity index (χ0) is 28.5. The van der Waals surface area contributed by atoms with Crippen molar-refractivity contribution < 1.29 is 34.8 Å². The van der Waals surface area contributed by atoms with Gasteiger partial charge in [0, 0.05) is 27.4 Å². The summed E-state index contributed by atoms with van der Waals surface area (Å²) in [6.07, 6.45) is -0.0481. The van der Waals surface area contributed by atoms with Gasteiger partial charge in [-0.2, -0.15) is 0 Å². The Morgan fingerprint density at radius 3 is 2.39 bits per heavy atom. The van der Waals surface area contributed by atoms with Crippen LogP contribution in [0.2, 0.25) is 0 Å². The number of phenols is 1. The minimum absolute atomic E-state index is 0.0253. The Morgan fingerprint density at radius 1 is 1.18 bits per heavy atom. The predicted molar refractivity (Wildman–Crippen MR) is 145 cm³/mol. The summed E-state index contributed by atoms with van der Waals surface area (Å²) >= 11 is 3.42. The molecule has 9 nitrogen and oxygen atoms in total. The van der Waals surface area contributed by atoms with Crippen LogP contribution in [0.3, 0.4) is 0 Å². The topological polar surface area (TPSA) is 147 Å². The van der Waals surface area contributed by atoms with Crippen molar-refractivity contribution in [3.05, 3.63) is 45.0 Å². The molecule has 38 heavy (non-hydrogen) atoms. The number of hydrogen-bond acceptors (Lipinski definition) is 8. The normalized spacial score (nSPS) is 31.3. The van der Waals surface area contributed by atoms with Gasteiger partial charge in [-0.05, 0) is 51.9 Å². The van der Waals surface area contributed by atoms with E-state index in [1.807, 2.05) is 20.8 Å². The number of phenolic OH excluding ortho intramolecular Hbond substituents is 1. The number of ketones is 2. The highest BCUT2D eigenvalue weighted by atomic mass is 79.9. The molecule has 0 heterocycles. The molecule has 3 aliphatic rings. The fourth-order valence-corrected chi connectivity index (χ4v) is 7.63. The summed E-state index contributed by atoms with van der Waals surface area (Å²) in [5.41, 5.74) is -3.66. The maximum absolute atomic E-state index is 14.1. The van der Waals surface area contributed by atoms with E-state index in [1.165, 1.54) is 6.07 Å². The number of aromatic hydroxyl groups is 1. The number of hydrogen-bond donors (Lipinski definition) is 5. The van der Waals surface area contributed by atoms with E-state index in [-0.39, 0.29) is 21.4 Å². The number of halogens is 1. The summed E-state index contributed by atoms with van der Waals surface area (Å²) in [7, 11) is 3.33. The maximum Gasteiger partial charge on any atom is 0.256 e. The molecule has 0 aromatic heterocycles. The van der Waals surface area contributed by atoms with Crippen LogP contribution in [0, 0.1) is 11.8 Å². The number of rotatable bonds is 5. The van der Waals surface area contributed by atoms with Crippen molar-refractivity contribution in [2.75, 3.05) is 14.1 Å². The van der Waals surface area contributed by atoms with Crippen LogP contribution in [0.15, 0.2) is 33.8 Å². The zero-order valence-corrected chi connectivity index (χ0v) is 24.0. The second kappa shape index (κ2) is 9.59. The van der Waals surface area contributed by atoms with Gasteiger partial charge in [0.1, 0.15) is 11.5 Å². The number of nitrogens with one attached hydrogen (secondary N) is 1. The molecule has 0 aliphatic heterocycles. The molecule has 206 valence electrons. The molecule has 0 unspecified atom stereocenters. The molecule has 6 atom stereocenters. The van der Waals surface area contributed by atoms with Crippen molar-refractivity contribution in [1.29, 1.82) is 0 Å². The molecule has 3 aliphatic carbocycles. The zero-order valence-electron chi connectivity index (χ0n) is 22.4. The molecule has 4 rings (SSSR count). The van der Waals surface area contributed by atoms with E-state index in [4.69, 9.17) is 0 Å². The first kappa shape index (κ1) is 28.5. The van der Waals surface area contributed by atoms with Crippen LogP contribution in [0.5, 0.6) is 5.75 Å². The molecule has 10 heteroatoms. The van der Waals surface area contributed by atoms with Crippen LogP contribution in [0.4, 0.5) is 0 Å². The standard InChI is InChI=1S/C28H35BrN2O7/c1-7-11-27(3,4)30-26(37)18-20(29)21(31(5)6)19-23(34)15-12(2)13-9-8-10-14(32)16(13)22(33)17(15)24(35)28(19,38)25(18)36/h8-10,12,15,19,21,23,32-34,38H,7,11H2,1-6H3,(H,30,37)/t12-,15+,19+,21-,23-,28-/m1/s1. The first-order valence-corrected chi connectivity index (χ1v) is 13.5. The van der Waals surface area contributed by atoms with Crippen molar-refractivity contribution >= 4 is 39.2 Å². The van der Waals surface area contributed by atoms with E-state index in [1.54, 1.807) is 38.1 Å². The lowest BCUT2D eigenvalue weighted by Gasteiger charge is -2.54. The summed E-state index contributed by atoms with van der Waals surface area (Å²) in [4.78, 5) is 43.2. The van der Waals surface area contributed by atoms with Crippen LogP contribution in [-0.2, 0) is 14.4 Å². The average Bonchev–Trinajstić information content (AvgIpc) is 2.80. The van der Waals surface area contributed by atoms with Crippen molar-refractivity contribution in [2.45, 2.75) is 69.7 Å². The van der Waals surface area contributed by atoms with Gasteiger partial charge in [-0.3, -0.25) is 14.4 Å². The monoisotopic (exact) mass is 590 g/mol. The third-order valence-electron chi connectivity index (χ3n) is 8.26. The number of aliphatic hydroxyl groups is 3. The number of Topliss-reactive ketones (excluding diaryl/α,β-unsaturated/α-hetero) is 2. The molecule has 1 aromatic carbocycles. The van der Waals surface area contributed by atoms with Crippen molar-refractivity contribution in [3.8, 4) is 5.75 Å². The summed E-state index contributed by atoms with van der Waals surface area (Å²) in [6, 6.07) is 3.75. The Morgan fingerprint density at radius 2 is 1.82 bits per heavy atom. The van der Waals surface area contributed by atoms with Crippen molar-refractivity contribution in [2.24, 2.45) is 11.8 Å². The van der Waals surface area contributed by atoms with E-state index in [9.17, 15) is 34.8 Å². The lowest BCUT2D eigenvalue weighted by molar-refractivity contribution is -0.172. The van der Waals surface area contributed by atoms with Gasteiger partial charge in [0.2, 0.25) is 11.6 Å². The fourth-order valence-electron chi connectivity index (χ4n) is 6.57. The van der Waals surface area contributed by atoms with Gasteiger partial charge in [0.05, 0.1) is 23.3 Å². The minimum atomic E-state index is -2.82. The molecule has 0 spiro atoms. The summed E-state index contributed by atoms with van der Waals surface area (Å²) in [5, 5.41) is 48.3. The van der Waals surface area contributed by atoms with E-state index in [0.29, 0.717) is 12.0 Å². The van der Waals surface area contributed by atoms with Crippen LogP contribution in [0.25, 0.3) is 5.76 Å². The molecule has 1 aromatic rings. The molecular weight excluding hydrogens is 556 g/mol. The van der Waals surface area contributed by atoms with Gasteiger partial charge in [0.15, 0.2) is 5.60 Å².